The van der Waals surface area contributed by atoms with E-state index < -0.39 is 9.84 Å². The number of hydrogen-bond acceptors (Lipinski definition) is 5. The molecule has 1 saturated heterocycles. The fraction of sp³-hybridized carbons (Fsp3) is 0.500. The molecule has 0 radical (unpaired) electrons. The van der Waals surface area contributed by atoms with Gasteiger partial charge in [0.1, 0.15) is 21.3 Å². The molecule has 0 bridgehead atoms. The van der Waals surface area contributed by atoms with E-state index in [0.717, 1.165) is 0 Å². The first-order valence-electron chi connectivity index (χ1n) is 6.68. The van der Waals surface area contributed by atoms with E-state index in [4.69, 9.17) is 9.47 Å². The zero-order valence-electron chi connectivity index (χ0n) is 12.1. The van der Waals surface area contributed by atoms with Gasteiger partial charge < -0.3 is 14.8 Å². The number of methoxy groups -OCH3 is 2. The molecule has 6 nitrogen and oxygen atoms in total. The normalized spacial score (nSPS) is 18.0. The summed E-state index contributed by atoms with van der Waals surface area (Å²) in [6, 6.07) is 5.11. The van der Waals surface area contributed by atoms with Crippen LogP contribution in [0.3, 0.4) is 0 Å². The second kappa shape index (κ2) is 6.34. The molecule has 1 aliphatic rings. The maximum absolute atomic E-state index is 12.2. The summed E-state index contributed by atoms with van der Waals surface area (Å²) in [5.74, 6) is 0.837. The van der Waals surface area contributed by atoms with Crippen molar-refractivity contribution in [2.75, 3.05) is 31.0 Å². The highest BCUT2D eigenvalue weighted by Gasteiger charge is 2.28. The molecule has 0 spiro atoms. The van der Waals surface area contributed by atoms with Gasteiger partial charge in [-0.05, 0) is 25.0 Å². The lowest BCUT2D eigenvalue weighted by Gasteiger charge is -2.21. The first-order valence-corrected chi connectivity index (χ1v) is 8.50. The molecule has 1 N–H and O–H groups in total. The van der Waals surface area contributed by atoms with Crippen LogP contribution in [-0.2, 0) is 14.6 Å². The van der Waals surface area contributed by atoms with E-state index in [-0.39, 0.29) is 23.3 Å². The van der Waals surface area contributed by atoms with Crippen LogP contribution in [0.1, 0.15) is 12.8 Å². The Hall–Kier alpha value is -1.76. The Morgan fingerprint density at radius 3 is 2.43 bits per heavy atom. The summed E-state index contributed by atoms with van der Waals surface area (Å²) in [5.41, 5.74) is 0.553. The number of amides is 1. The summed E-state index contributed by atoms with van der Waals surface area (Å²) in [4.78, 5) is 12.2. The topological polar surface area (TPSA) is 81.7 Å². The molecular weight excluding hydrogens is 294 g/mol. The Morgan fingerprint density at radius 1 is 1.19 bits per heavy atom. The first-order chi connectivity index (χ1) is 9.95. The molecular formula is C14H19NO5S. The van der Waals surface area contributed by atoms with Crippen LogP contribution in [0.5, 0.6) is 11.5 Å². The first kappa shape index (κ1) is 15.6. The highest BCUT2D eigenvalue weighted by atomic mass is 32.2. The molecule has 2 rings (SSSR count). The third-order valence-corrected chi connectivity index (χ3v) is 5.31. The van der Waals surface area contributed by atoms with E-state index in [1.54, 1.807) is 25.3 Å². The Morgan fingerprint density at radius 2 is 1.86 bits per heavy atom. The molecule has 0 saturated carbocycles. The Labute approximate surface area is 124 Å². The number of rotatable bonds is 4. The summed E-state index contributed by atoms with van der Waals surface area (Å²) >= 11 is 0. The monoisotopic (exact) mass is 313 g/mol. The second-order valence-corrected chi connectivity index (χ2v) is 7.29. The predicted molar refractivity (Wildman–Crippen MR) is 79.6 cm³/mol. The maximum atomic E-state index is 12.2. The van der Waals surface area contributed by atoms with Crippen LogP contribution in [-0.4, -0.2) is 40.1 Å². The SMILES string of the molecule is COc1ccc(NC(=O)C2CCS(=O)(=O)CC2)c(OC)c1. The molecule has 0 atom stereocenters. The number of carbonyl (C=O) groups excluding carboxylic acids is 1. The van der Waals surface area contributed by atoms with Crippen LogP contribution in [0.2, 0.25) is 0 Å². The molecule has 7 heteroatoms. The summed E-state index contributed by atoms with van der Waals surface area (Å²) in [7, 11) is 0.0975. The average Bonchev–Trinajstić information content (AvgIpc) is 2.47. The van der Waals surface area contributed by atoms with Gasteiger partial charge in [0.05, 0.1) is 31.4 Å². The van der Waals surface area contributed by atoms with Crippen molar-refractivity contribution in [3.8, 4) is 11.5 Å². The zero-order valence-corrected chi connectivity index (χ0v) is 12.9. The number of nitrogens with one attached hydrogen (secondary N) is 1. The van der Waals surface area contributed by atoms with Crippen molar-refractivity contribution >= 4 is 21.4 Å². The van der Waals surface area contributed by atoms with E-state index in [0.29, 0.717) is 30.0 Å². The van der Waals surface area contributed by atoms with Crippen molar-refractivity contribution in [3.63, 3.8) is 0 Å². The van der Waals surface area contributed by atoms with E-state index in [1.807, 2.05) is 0 Å². The van der Waals surface area contributed by atoms with Crippen molar-refractivity contribution in [2.45, 2.75) is 12.8 Å². The maximum Gasteiger partial charge on any atom is 0.227 e. The van der Waals surface area contributed by atoms with Gasteiger partial charge in [0.15, 0.2) is 0 Å². The van der Waals surface area contributed by atoms with Gasteiger partial charge in [0.25, 0.3) is 0 Å². The molecule has 1 heterocycles. The average molecular weight is 313 g/mol. The fourth-order valence-corrected chi connectivity index (χ4v) is 3.78. The Bertz CT molecular complexity index is 612. The lowest BCUT2D eigenvalue weighted by molar-refractivity contribution is -0.120. The minimum atomic E-state index is -2.97. The molecule has 1 aromatic rings. The second-order valence-electron chi connectivity index (χ2n) is 4.98. The third kappa shape index (κ3) is 3.87. The van der Waals surface area contributed by atoms with Crippen molar-refractivity contribution in [3.05, 3.63) is 18.2 Å². The van der Waals surface area contributed by atoms with Crippen LogP contribution in [0.4, 0.5) is 5.69 Å². The lowest BCUT2D eigenvalue weighted by atomic mass is 10.0. The lowest BCUT2D eigenvalue weighted by Crippen LogP contribution is -2.31. The number of anilines is 1. The van der Waals surface area contributed by atoms with Crippen LogP contribution >= 0.6 is 0 Å². The summed E-state index contributed by atoms with van der Waals surface area (Å²) in [5, 5.41) is 2.80. The van der Waals surface area contributed by atoms with Gasteiger partial charge in [-0.2, -0.15) is 0 Å². The summed E-state index contributed by atoms with van der Waals surface area (Å²) in [6.45, 7) is 0. The molecule has 1 aliphatic heterocycles. The van der Waals surface area contributed by atoms with Crippen molar-refractivity contribution in [1.82, 2.24) is 0 Å². The summed E-state index contributed by atoms with van der Waals surface area (Å²) in [6.07, 6.45) is 0.735. The van der Waals surface area contributed by atoms with Gasteiger partial charge in [-0.1, -0.05) is 0 Å². The molecule has 0 aliphatic carbocycles. The van der Waals surface area contributed by atoms with Crippen LogP contribution < -0.4 is 14.8 Å². The molecule has 1 aromatic carbocycles. The molecule has 1 amide bonds. The van der Waals surface area contributed by atoms with Crippen LogP contribution in [0.25, 0.3) is 0 Å². The smallest absolute Gasteiger partial charge is 0.227 e. The van der Waals surface area contributed by atoms with Crippen LogP contribution in [0.15, 0.2) is 18.2 Å². The predicted octanol–water partition coefficient (Wildman–Crippen LogP) is 1.47. The number of ether oxygens (including phenoxy) is 2. The Balaban J connectivity index is 2.06. The molecule has 0 aromatic heterocycles. The van der Waals surface area contributed by atoms with Gasteiger partial charge in [0, 0.05) is 12.0 Å². The largest absolute Gasteiger partial charge is 0.497 e. The molecule has 0 unspecified atom stereocenters. The van der Waals surface area contributed by atoms with Crippen LogP contribution in [0, 0.1) is 5.92 Å². The number of hydrogen-bond donors (Lipinski definition) is 1. The Kier molecular flexibility index (Phi) is 4.72. The van der Waals surface area contributed by atoms with Gasteiger partial charge in [-0.25, -0.2) is 8.42 Å². The fourth-order valence-electron chi connectivity index (χ4n) is 2.29. The molecule has 1 fully saturated rings. The number of sulfone groups is 1. The van der Waals surface area contributed by atoms with E-state index in [1.165, 1.54) is 7.11 Å². The van der Waals surface area contributed by atoms with E-state index >= 15 is 0 Å². The highest BCUT2D eigenvalue weighted by Crippen LogP contribution is 2.30. The summed E-state index contributed by atoms with van der Waals surface area (Å²) < 4.78 is 33.1. The highest BCUT2D eigenvalue weighted by molar-refractivity contribution is 7.91. The van der Waals surface area contributed by atoms with Gasteiger partial charge in [-0.3, -0.25) is 4.79 Å². The van der Waals surface area contributed by atoms with Gasteiger partial charge >= 0.3 is 0 Å². The minimum Gasteiger partial charge on any atom is -0.497 e. The zero-order chi connectivity index (χ0) is 15.5. The van der Waals surface area contributed by atoms with Gasteiger partial charge in [-0.15, -0.1) is 0 Å². The third-order valence-electron chi connectivity index (χ3n) is 3.59. The molecule has 116 valence electrons. The van der Waals surface area contributed by atoms with Crippen molar-refractivity contribution in [1.29, 1.82) is 0 Å². The minimum absolute atomic E-state index is 0.0742. The number of carbonyl (C=O) groups is 1. The standard InChI is InChI=1S/C14H19NO5S/c1-19-11-3-4-12(13(9-11)20-2)15-14(16)10-5-7-21(17,18)8-6-10/h3-4,9-10H,5-8H2,1-2H3,(H,15,16). The van der Waals surface area contributed by atoms with Crippen molar-refractivity contribution < 1.29 is 22.7 Å². The van der Waals surface area contributed by atoms with Crippen molar-refractivity contribution in [2.24, 2.45) is 5.92 Å². The number of benzene rings is 1. The quantitative estimate of drug-likeness (QED) is 0.910. The van der Waals surface area contributed by atoms with E-state index in [9.17, 15) is 13.2 Å². The van der Waals surface area contributed by atoms with Gasteiger partial charge in [0.2, 0.25) is 5.91 Å². The van der Waals surface area contributed by atoms with E-state index in [2.05, 4.69) is 5.32 Å². The molecule has 21 heavy (non-hydrogen) atoms.